The van der Waals surface area contributed by atoms with E-state index in [4.69, 9.17) is 5.73 Å². The Kier molecular flexibility index (Phi) is 5.03. The molecule has 0 bridgehead atoms. The summed E-state index contributed by atoms with van der Waals surface area (Å²) < 4.78 is 0. The van der Waals surface area contributed by atoms with Gasteiger partial charge >= 0.3 is 0 Å². The van der Waals surface area contributed by atoms with Crippen LogP contribution in [0.2, 0.25) is 0 Å². The molecule has 2 heteroatoms. The summed E-state index contributed by atoms with van der Waals surface area (Å²) in [7, 11) is 0. The molecule has 0 aromatic heterocycles. The first-order valence-corrected chi connectivity index (χ1v) is 7.29. The van der Waals surface area contributed by atoms with E-state index in [1.54, 1.807) is 0 Å². The van der Waals surface area contributed by atoms with Gasteiger partial charge in [-0.2, -0.15) is 0 Å². The summed E-state index contributed by atoms with van der Waals surface area (Å²) in [6.07, 6.45) is 6.48. The third-order valence-corrected chi connectivity index (χ3v) is 5.13. The zero-order valence-corrected chi connectivity index (χ0v) is 12.1. The number of aliphatic hydroxyl groups is 1. The van der Waals surface area contributed by atoms with Gasteiger partial charge in [0, 0.05) is 12.0 Å². The van der Waals surface area contributed by atoms with Crippen LogP contribution in [0.3, 0.4) is 0 Å². The highest BCUT2D eigenvalue weighted by Gasteiger charge is 2.44. The Morgan fingerprint density at radius 3 is 1.88 bits per heavy atom. The Morgan fingerprint density at radius 2 is 1.53 bits per heavy atom. The van der Waals surface area contributed by atoms with E-state index in [1.165, 1.54) is 12.8 Å². The van der Waals surface area contributed by atoms with Crippen LogP contribution in [0.1, 0.15) is 66.2 Å². The Bertz CT molecular complexity index is 223. The van der Waals surface area contributed by atoms with Gasteiger partial charge < -0.3 is 10.8 Å². The molecule has 1 fully saturated rings. The third-order valence-electron chi connectivity index (χ3n) is 5.13. The molecule has 0 radical (unpaired) electrons. The van der Waals surface area contributed by atoms with Crippen LogP contribution >= 0.6 is 0 Å². The second kappa shape index (κ2) is 5.71. The first-order valence-electron chi connectivity index (χ1n) is 7.29. The van der Waals surface area contributed by atoms with Crippen LogP contribution in [-0.2, 0) is 0 Å². The van der Waals surface area contributed by atoms with Crippen molar-refractivity contribution in [3.8, 4) is 0 Å². The van der Waals surface area contributed by atoms with Crippen LogP contribution in [-0.4, -0.2) is 17.8 Å². The monoisotopic (exact) mass is 241 g/mol. The Hall–Kier alpha value is -0.0800. The number of rotatable bonds is 5. The minimum atomic E-state index is -0.210. The molecule has 1 atom stereocenters. The van der Waals surface area contributed by atoms with E-state index < -0.39 is 0 Å². The fraction of sp³-hybridized carbons (Fsp3) is 1.00. The second-order valence-electron chi connectivity index (χ2n) is 6.75. The molecule has 0 aromatic rings. The maximum absolute atomic E-state index is 10.7. The van der Waals surface area contributed by atoms with Crippen molar-refractivity contribution >= 4 is 0 Å². The summed E-state index contributed by atoms with van der Waals surface area (Å²) in [5.74, 6) is 0.416. The first kappa shape index (κ1) is 15.0. The Labute approximate surface area is 107 Å². The second-order valence-corrected chi connectivity index (χ2v) is 6.75. The predicted molar refractivity (Wildman–Crippen MR) is 73.8 cm³/mol. The number of aliphatic hydroxyl groups excluding tert-OH is 1. The summed E-state index contributed by atoms with van der Waals surface area (Å²) >= 11 is 0. The zero-order chi connectivity index (χ0) is 13.1. The lowest BCUT2D eigenvalue weighted by Crippen LogP contribution is -2.48. The van der Waals surface area contributed by atoms with E-state index in [0.717, 1.165) is 25.7 Å². The fourth-order valence-electron chi connectivity index (χ4n) is 3.28. The molecule has 102 valence electrons. The van der Waals surface area contributed by atoms with Gasteiger partial charge in [0.15, 0.2) is 0 Å². The summed E-state index contributed by atoms with van der Waals surface area (Å²) in [5, 5.41) is 10.7. The fourth-order valence-corrected chi connectivity index (χ4v) is 3.28. The molecule has 0 spiro atoms. The number of hydrogen-bond donors (Lipinski definition) is 2. The maximum atomic E-state index is 10.7. The largest absolute Gasteiger partial charge is 0.392 e. The quantitative estimate of drug-likeness (QED) is 0.775. The Balaban J connectivity index is 2.76. The molecular formula is C15H31NO. The van der Waals surface area contributed by atoms with Crippen molar-refractivity contribution in [3.05, 3.63) is 0 Å². The average molecular weight is 241 g/mol. The molecule has 1 saturated carbocycles. The third kappa shape index (κ3) is 3.23. The average Bonchev–Trinajstić information content (AvgIpc) is 2.31. The van der Waals surface area contributed by atoms with Gasteiger partial charge in [-0.05, 0) is 37.0 Å². The highest BCUT2D eigenvalue weighted by atomic mass is 16.3. The van der Waals surface area contributed by atoms with E-state index in [0.29, 0.717) is 17.9 Å². The summed E-state index contributed by atoms with van der Waals surface area (Å²) in [4.78, 5) is 0. The maximum Gasteiger partial charge on any atom is 0.0636 e. The molecule has 0 heterocycles. The summed E-state index contributed by atoms with van der Waals surface area (Å²) in [6, 6.07) is 0. The van der Waals surface area contributed by atoms with Gasteiger partial charge in [0.1, 0.15) is 0 Å². The van der Waals surface area contributed by atoms with Gasteiger partial charge in [-0.25, -0.2) is 0 Å². The summed E-state index contributed by atoms with van der Waals surface area (Å²) in [6.45, 7) is 9.65. The molecule has 0 aliphatic heterocycles. The number of hydrogen-bond acceptors (Lipinski definition) is 2. The SMILES string of the molecule is CCC(CC)C(O)C1(CN)CCC(C)(C)CC1. The number of nitrogens with two attached hydrogens (primary N) is 1. The van der Waals surface area contributed by atoms with Gasteiger partial charge in [-0.1, -0.05) is 40.5 Å². The highest BCUT2D eigenvalue weighted by Crippen LogP contribution is 2.48. The minimum absolute atomic E-state index is 0.00773. The topological polar surface area (TPSA) is 46.2 Å². The molecular weight excluding hydrogens is 210 g/mol. The van der Waals surface area contributed by atoms with Crippen molar-refractivity contribution in [3.63, 3.8) is 0 Å². The molecule has 1 unspecified atom stereocenters. The highest BCUT2D eigenvalue weighted by molar-refractivity contribution is 4.96. The standard InChI is InChI=1S/C15H31NO/c1-5-12(6-2)13(17)15(11-16)9-7-14(3,4)8-10-15/h12-13,17H,5-11,16H2,1-4H3. The van der Waals surface area contributed by atoms with Gasteiger partial charge in [0.05, 0.1) is 6.10 Å². The van der Waals surface area contributed by atoms with E-state index in [2.05, 4.69) is 27.7 Å². The molecule has 3 N–H and O–H groups in total. The van der Waals surface area contributed by atoms with Crippen LogP contribution < -0.4 is 5.73 Å². The molecule has 2 nitrogen and oxygen atoms in total. The van der Waals surface area contributed by atoms with Crippen LogP contribution in [0, 0.1) is 16.7 Å². The van der Waals surface area contributed by atoms with Gasteiger partial charge in [0.25, 0.3) is 0 Å². The van der Waals surface area contributed by atoms with Gasteiger partial charge in [-0.3, -0.25) is 0 Å². The normalized spacial score (nSPS) is 24.9. The van der Waals surface area contributed by atoms with Crippen molar-refractivity contribution in [1.29, 1.82) is 0 Å². The van der Waals surface area contributed by atoms with Crippen molar-refractivity contribution < 1.29 is 5.11 Å². The van der Waals surface area contributed by atoms with Crippen LogP contribution in [0.5, 0.6) is 0 Å². The Morgan fingerprint density at radius 1 is 1.06 bits per heavy atom. The van der Waals surface area contributed by atoms with E-state index in [-0.39, 0.29) is 11.5 Å². The van der Waals surface area contributed by atoms with E-state index >= 15 is 0 Å². The zero-order valence-electron chi connectivity index (χ0n) is 12.1. The van der Waals surface area contributed by atoms with Gasteiger partial charge in [0.2, 0.25) is 0 Å². The lowest BCUT2D eigenvalue weighted by atomic mass is 9.60. The predicted octanol–water partition coefficient (Wildman–Crippen LogP) is 3.33. The van der Waals surface area contributed by atoms with Crippen LogP contribution in [0.25, 0.3) is 0 Å². The minimum Gasteiger partial charge on any atom is -0.392 e. The smallest absolute Gasteiger partial charge is 0.0636 e. The van der Waals surface area contributed by atoms with Crippen molar-refractivity contribution in [2.45, 2.75) is 72.3 Å². The lowest BCUT2D eigenvalue weighted by Gasteiger charge is -2.47. The molecule has 1 rings (SSSR count). The van der Waals surface area contributed by atoms with Crippen LogP contribution in [0.4, 0.5) is 0 Å². The first-order chi connectivity index (χ1) is 7.90. The summed E-state index contributed by atoms with van der Waals surface area (Å²) in [5.41, 5.74) is 6.44. The van der Waals surface area contributed by atoms with Gasteiger partial charge in [-0.15, -0.1) is 0 Å². The van der Waals surface area contributed by atoms with E-state index in [1.807, 2.05) is 0 Å². The van der Waals surface area contributed by atoms with Crippen molar-refractivity contribution in [2.75, 3.05) is 6.54 Å². The van der Waals surface area contributed by atoms with Crippen molar-refractivity contribution in [2.24, 2.45) is 22.5 Å². The molecule has 0 aromatic carbocycles. The molecule has 1 aliphatic rings. The molecule has 0 saturated heterocycles. The molecule has 1 aliphatic carbocycles. The molecule has 0 amide bonds. The molecule has 17 heavy (non-hydrogen) atoms. The van der Waals surface area contributed by atoms with Crippen molar-refractivity contribution in [1.82, 2.24) is 0 Å². The van der Waals surface area contributed by atoms with Crippen LogP contribution in [0.15, 0.2) is 0 Å². The lowest BCUT2D eigenvalue weighted by molar-refractivity contribution is -0.0562. The van der Waals surface area contributed by atoms with E-state index in [9.17, 15) is 5.11 Å².